The van der Waals surface area contributed by atoms with Crippen molar-refractivity contribution in [2.45, 2.75) is 37.4 Å². The van der Waals surface area contributed by atoms with Gasteiger partial charge in [-0.3, -0.25) is 9.69 Å². The second-order valence-electron chi connectivity index (χ2n) is 10.4. The maximum atomic E-state index is 14.4. The third-order valence-corrected chi connectivity index (χ3v) is 7.89. The number of aromatic amines is 1. The highest BCUT2D eigenvalue weighted by atomic mass is 19.1. The molecule has 3 heterocycles. The Morgan fingerprint density at radius 3 is 2.53 bits per heavy atom. The first-order chi connectivity index (χ1) is 18.3. The van der Waals surface area contributed by atoms with E-state index in [4.69, 9.17) is 0 Å². The van der Waals surface area contributed by atoms with Gasteiger partial charge in [0.05, 0.1) is 12.2 Å². The molecule has 1 amide bonds. The number of hydrogen-bond acceptors (Lipinski definition) is 4. The van der Waals surface area contributed by atoms with Crippen molar-refractivity contribution in [2.75, 3.05) is 32.7 Å². The first-order valence-electron chi connectivity index (χ1n) is 13.1. The molecule has 2 aliphatic rings. The number of carbonyl (C=O) groups excluding carboxylic acids is 1. The van der Waals surface area contributed by atoms with E-state index < -0.39 is 23.8 Å². The Hall–Kier alpha value is -3.14. The number of aliphatic hydroxyl groups is 2. The number of aromatic nitrogens is 1. The summed E-state index contributed by atoms with van der Waals surface area (Å²) in [5.74, 6) is -2.09. The minimum absolute atomic E-state index is 0.0259. The van der Waals surface area contributed by atoms with Gasteiger partial charge in [0.1, 0.15) is 17.5 Å². The number of H-pyrrole nitrogens is 1. The van der Waals surface area contributed by atoms with E-state index in [1.54, 1.807) is 17.2 Å². The van der Waals surface area contributed by atoms with Crippen LogP contribution in [0, 0.1) is 23.4 Å². The number of nitrogens with one attached hydrogen (secondary N) is 1. The summed E-state index contributed by atoms with van der Waals surface area (Å²) in [6.45, 7) is 2.47. The van der Waals surface area contributed by atoms with E-state index in [0.717, 1.165) is 23.8 Å². The maximum Gasteiger partial charge on any atom is 0.246 e. The number of amides is 1. The van der Waals surface area contributed by atoms with Crippen LogP contribution in [0.4, 0.5) is 13.2 Å². The molecule has 2 fully saturated rings. The lowest BCUT2D eigenvalue weighted by molar-refractivity contribution is -0.128. The number of benzene rings is 2. The van der Waals surface area contributed by atoms with Gasteiger partial charge in [-0.25, -0.2) is 13.2 Å². The number of halogens is 3. The van der Waals surface area contributed by atoms with E-state index in [1.165, 1.54) is 18.2 Å². The van der Waals surface area contributed by atoms with Gasteiger partial charge < -0.3 is 20.1 Å². The fourth-order valence-corrected chi connectivity index (χ4v) is 5.85. The number of β-amino-alcohol motifs (C(OH)–C–C–N with tert-alkyl or cyclic N) is 2. The zero-order valence-electron chi connectivity index (χ0n) is 21.0. The monoisotopic (exact) mass is 527 g/mol. The van der Waals surface area contributed by atoms with Crippen LogP contribution in [-0.4, -0.2) is 75.8 Å². The summed E-state index contributed by atoms with van der Waals surface area (Å²) < 4.78 is 41.1. The molecular formula is C29H32F3N3O3. The molecule has 202 valence electrons. The van der Waals surface area contributed by atoms with Gasteiger partial charge in [-0.2, -0.15) is 0 Å². The summed E-state index contributed by atoms with van der Waals surface area (Å²) in [5.41, 5.74) is 1.79. The molecule has 2 saturated heterocycles. The van der Waals surface area contributed by atoms with Crippen molar-refractivity contribution < 1.29 is 28.2 Å². The molecule has 0 saturated carbocycles. The number of aliphatic hydroxyl groups excluding tert-OH is 2. The highest BCUT2D eigenvalue weighted by Crippen LogP contribution is 2.35. The Labute approximate surface area is 219 Å². The molecule has 3 N–H and O–H groups in total. The third-order valence-electron chi connectivity index (χ3n) is 7.89. The van der Waals surface area contributed by atoms with Crippen LogP contribution in [0.1, 0.15) is 36.3 Å². The second-order valence-corrected chi connectivity index (χ2v) is 10.4. The molecule has 9 heteroatoms. The van der Waals surface area contributed by atoms with E-state index in [1.807, 2.05) is 6.07 Å². The van der Waals surface area contributed by atoms with Crippen molar-refractivity contribution in [1.29, 1.82) is 0 Å². The fraction of sp³-hybridized carbons (Fsp3) is 0.414. The molecule has 3 unspecified atom stereocenters. The molecule has 3 aromatic rings. The average molecular weight is 528 g/mol. The number of rotatable bonds is 6. The van der Waals surface area contributed by atoms with E-state index in [0.29, 0.717) is 62.9 Å². The molecule has 0 bridgehead atoms. The second kappa shape index (κ2) is 11.3. The molecule has 5 rings (SSSR count). The standard InChI is InChI=1S/C29H32F3N3O3/c30-20-12-18(13-21(31)14-20)4-5-28(38)35-10-6-19(7-11-35)26(36)16-34-9-8-22(27(37)17-34)23-15-33-25-3-1-2-24(32)29(23)25/h1-5,12-15,19,22,26-27,33,36-37H,6-11,16-17H2/b5-4+. The zero-order valence-corrected chi connectivity index (χ0v) is 21.0. The van der Waals surface area contributed by atoms with Gasteiger partial charge in [0.25, 0.3) is 0 Å². The first kappa shape index (κ1) is 26.5. The summed E-state index contributed by atoms with van der Waals surface area (Å²) in [4.78, 5) is 19.4. The molecule has 3 atom stereocenters. The van der Waals surface area contributed by atoms with Crippen LogP contribution in [0.15, 0.2) is 48.7 Å². The van der Waals surface area contributed by atoms with Gasteiger partial charge in [0.15, 0.2) is 0 Å². The first-order valence-corrected chi connectivity index (χ1v) is 13.1. The van der Waals surface area contributed by atoms with Gasteiger partial charge >= 0.3 is 0 Å². The van der Waals surface area contributed by atoms with Crippen molar-refractivity contribution in [2.24, 2.45) is 5.92 Å². The lowest BCUT2D eigenvalue weighted by atomic mass is 9.85. The summed E-state index contributed by atoms with van der Waals surface area (Å²) in [6.07, 6.45) is 5.17. The minimum atomic E-state index is -0.699. The summed E-state index contributed by atoms with van der Waals surface area (Å²) in [7, 11) is 0. The lowest BCUT2D eigenvalue weighted by Crippen LogP contribution is -2.48. The molecule has 1 aromatic heterocycles. The van der Waals surface area contributed by atoms with Gasteiger partial charge in [0, 0.05) is 61.3 Å². The topological polar surface area (TPSA) is 79.8 Å². The lowest BCUT2D eigenvalue weighted by Gasteiger charge is -2.39. The van der Waals surface area contributed by atoms with E-state index in [9.17, 15) is 28.2 Å². The fourth-order valence-electron chi connectivity index (χ4n) is 5.85. The molecule has 6 nitrogen and oxygen atoms in total. The van der Waals surface area contributed by atoms with Gasteiger partial charge in [-0.1, -0.05) is 6.07 Å². The largest absolute Gasteiger partial charge is 0.392 e. The molecule has 38 heavy (non-hydrogen) atoms. The minimum Gasteiger partial charge on any atom is -0.392 e. The van der Waals surface area contributed by atoms with Crippen LogP contribution in [0.3, 0.4) is 0 Å². The van der Waals surface area contributed by atoms with Crippen molar-refractivity contribution in [1.82, 2.24) is 14.8 Å². The summed E-state index contributed by atoms with van der Waals surface area (Å²) in [5, 5.41) is 22.3. The number of hydrogen-bond donors (Lipinski definition) is 3. The Morgan fingerprint density at radius 2 is 1.82 bits per heavy atom. The van der Waals surface area contributed by atoms with Crippen molar-refractivity contribution in [3.63, 3.8) is 0 Å². The zero-order chi connectivity index (χ0) is 26.8. The number of likely N-dealkylation sites (tertiary alicyclic amines) is 2. The van der Waals surface area contributed by atoms with Gasteiger partial charge in [-0.15, -0.1) is 0 Å². The Morgan fingerprint density at radius 1 is 1.08 bits per heavy atom. The number of piperidine rings is 2. The van der Waals surface area contributed by atoms with E-state index in [2.05, 4.69) is 9.88 Å². The molecule has 0 spiro atoms. The maximum absolute atomic E-state index is 14.4. The summed E-state index contributed by atoms with van der Waals surface area (Å²) in [6, 6.07) is 8.01. The van der Waals surface area contributed by atoms with Gasteiger partial charge in [-0.05, 0) is 73.2 Å². The molecular weight excluding hydrogens is 495 g/mol. The number of fused-ring (bicyclic) bond motifs is 1. The van der Waals surface area contributed by atoms with Crippen molar-refractivity contribution in [3.8, 4) is 0 Å². The quantitative estimate of drug-likeness (QED) is 0.423. The predicted molar refractivity (Wildman–Crippen MR) is 139 cm³/mol. The predicted octanol–water partition coefficient (Wildman–Crippen LogP) is 4.05. The van der Waals surface area contributed by atoms with Crippen LogP contribution < -0.4 is 0 Å². The number of carbonyl (C=O) groups is 1. The van der Waals surface area contributed by atoms with Crippen molar-refractivity contribution in [3.05, 3.63) is 77.2 Å². The van der Waals surface area contributed by atoms with Crippen molar-refractivity contribution >= 4 is 22.9 Å². The molecule has 2 aromatic carbocycles. The highest BCUT2D eigenvalue weighted by Gasteiger charge is 2.34. The van der Waals surface area contributed by atoms with E-state index in [-0.39, 0.29) is 29.1 Å². The van der Waals surface area contributed by atoms with Crippen LogP contribution in [0.2, 0.25) is 0 Å². The van der Waals surface area contributed by atoms with Gasteiger partial charge in [0.2, 0.25) is 5.91 Å². The smallest absolute Gasteiger partial charge is 0.246 e. The third kappa shape index (κ3) is 5.80. The highest BCUT2D eigenvalue weighted by molar-refractivity contribution is 5.91. The molecule has 2 aliphatic heterocycles. The average Bonchev–Trinajstić information content (AvgIpc) is 3.32. The summed E-state index contributed by atoms with van der Waals surface area (Å²) >= 11 is 0. The SMILES string of the molecule is O=C(/C=C/c1cc(F)cc(F)c1)N1CCC(C(O)CN2CCC(c3c[nH]c4cccc(F)c34)C(O)C2)CC1. The van der Waals surface area contributed by atoms with Crippen LogP contribution in [0.5, 0.6) is 0 Å². The normalized spacial score (nSPS) is 22.4. The van der Waals surface area contributed by atoms with E-state index >= 15 is 0 Å². The molecule has 0 radical (unpaired) electrons. The Kier molecular flexibility index (Phi) is 7.88. The number of nitrogens with zero attached hydrogens (tertiary/aromatic N) is 2. The van der Waals surface area contributed by atoms with Crippen LogP contribution >= 0.6 is 0 Å². The Bertz CT molecular complexity index is 1300. The Balaban J connectivity index is 1.10. The molecule has 0 aliphatic carbocycles. The van der Waals surface area contributed by atoms with Crippen LogP contribution in [-0.2, 0) is 4.79 Å². The van der Waals surface area contributed by atoms with Crippen LogP contribution in [0.25, 0.3) is 17.0 Å².